The lowest BCUT2D eigenvalue weighted by atomic mass is 10.0. The van der Waals surface area contributed by atoms with E-state index in [-0.39, 0.29) is 5.91 Å². The largest absolute Gasteiger partial charge is 0.335 e. The Bertz CT molecular complexity index is 447. The van der Waals surface area contributed by atoms with Crippen LogP contribution in [0.4, 0.5) is 0 Å². The van der Waals surface area contributed by atoms with Crippen molar-refractivity contribution in [3.8, 4) is 0 Å². The molecule has 1 aliphatic rings. The third-order valence-corrected chi connectivity index (χ3v) is 5.29. The Morgan fingerprint density at radius 1 is 1.44 bits per heavy atom. The van der Waals surface area contributed by atoms with E-state index < -0.39 is 0 Å². The predicted molar refractivity (Wildman–Crippen MR) is 81.3 cm³/mol. The molecule has 4 heteroatoms. The van der Waals surface area contributed by atoms with Crippen LogP contribution in [0.15, 0.2) is 22.7 Å². The Balaban J connectivity index is 2.27. The second-order valence-corrected chi connectivity index (χ2v) is 6.18. The van der Waals surface area contributed by atoms with Gasteiger partial charge in [0, 0.05) is 22.4 Å². The van der Waals surface area contributed by atoms with E-state index in [1.807, 2.05) is 30.0 Å². The van der Waals surface area contributed by atoms with Crippen LogP contribution in [0, 0.1) is 6.92 Å². The second-order valence-electron chi connectivity index (χ2n) is 4.74. The maximum absolute atomic E-state index is 12.6. The number of alkyl halides is 1. The fourth-order valence-corrected chi connectivity index (χ4v) is 3.50. The number of hydrogen-bond donors (Lipinski definition) is 0. The van der Waals surface area contributed by atoms with Crippen LogP contribution >= 0.6 is 31.9 Å². The maximum Gasteiger partial charge on any atom is 0.255 e. The van der Waals surface area contributed by atoms with Gasteiger partial charge in [0.1, 0.15) is 0 Å². The third-order valence-electron chi connectivity index (χ3n) is 3.49. The van der Waals surface area contributed by atoms with Crippen LogP contribution in [-0.4, -0.2) is 28.7 Å². The van der Waals surface area contributed by atoms with Gasteiger partial charge < -0.3 is 4.90 Å². The van der Waals surface area contributed by atoms with Crippen LogP contribution < -0.4 is 0 Å². The lowest BCUT2D eigenvalue weighted by Gasteiger charge is -2.35. The Morgan fingerprint density at radius 3 is 2.94 bits per heavy atom. The summed E-state index contributed by atoms with van der Waals surface area (Å²) < 4.78 is 0.925. The van der Waals surface area contributed by atoms with Crippen molar-refractivity contribution in [1.29, 1.82) is 0 Å². The normalized spacial score (nSPS) is 19.9. The van der Waals surface area contributed by atoms with E-state index in [0.29, 0.717) is 6.04 Å². The van der Waals surface area contributed by atoms with Crippen LogP contribution in [-0.2, 0) is 0 Å². The molecule has 2 rings (SSSR count). The fraction of sp³-hybridized carbons (Fsp3) is 0.500. The fourth-order valence-electron chi connectivity index (χ4n) is 2.40. The summed E-state index contributed by atoms with van der Waals surface area (Å²) in [5.41, 5.74) is 1.89. The minimum absolute atomic E-state index is 0.148. The molecule has 1 atom stereocenters. The molecule has 0 N–H and O–H groups in total. The van der Waals surface area contributed by atoms with Crippen LogP contribution in [0.1, 0.15) is 35.2 Å². The van der Waals surface area contributed by atoms with Gasteiger partial charge in [0.2, 0.25) is 0 Å². The van der Waals surface area contributed by atoms with Gasteiger partial charge >= 0.3 is 0 Å². The quantitative estimate of drug-likeness (QED) is 0.712. The lowest BCUT2D eigenvalue weighted by molar-refractivity contribution is 0.0641. The topological polar surface area (TPSA) is 20.3 Å². The van der Waals surface area contributed by atoms with Crippen LogP contribution in [0.25, 0.3) is 0 Å². The summed E-state index contributed by atoms with van der Waals surface area (Å²) >= 11 is 7.05. The number of carbonyl (C=O) groups is 1. The van der Waals surface area contributed by atoms with Crippen molar-refractivity contribution < 1.29 is 4.79 Å². The standard InChI is InChI=1S/C14H17Br2NO/c1-10-5-4-7-12(13(10)16)14(18)17-8-3-2-6-11(17)9-15/h4-5,7,11H,2-3,6,8-9H2,1H3. The van der Waals surface area contributed by atoms with Gasteiger partial charge in [-0.2, -0.15) is 0 Å². The SMILES string of the molecule is Cc1cccc(C(=O)N2CCCCC2CBr)c1Br. The van der Waals surface area contributed by atoms with Crippen molar-refractivity contribution in [2.45, 2.75) is 32.2 Å². The molecule has 1 aliphatic heterocycles. The van der Waals surface area contributed by atoms with Crippen molar-refractivity contribution in [3.63, 3.8) is 0 Å². The predicted octanol–water partition coefficient (Wildman–Crippen LogP) is 4.15. The van der Waals surface area contributed by atoms with E-state index in [0.717, 1.165) is 40.3 Å². The molecule has 98 valence electrons. The van der Waals surface area contributed by atoms with Crippen LogP contribution in [0.3, 0.4) is 0 Å². The lowest BCUT2D eigenvalue weighted by Crippen LogP contribution is -2.44. The van der Waals surface area contributed by atoms with Crippen LogP contribution in [0.2, 0.25) is 0 Å². The average molecular weight is 375 g/mol. The molecule has 18 heavy (non-hydrogen) atoms. The van der Waals surface area contributed by atoms with Gasteiger partial charge in [-0.3, -0.25) is 4.79 Å². The van der Waals surface area contributed by atoms with Gasteiger partial charge in [0.05, 0.1) is 5.56 Å². The summed E-state index contributed by atoms with van der Waals surface area (Å²) in [7, 11) is 0. The Labute approximate surface area is 125 Å². The molecule has 2 nitrogen and oxygen atoms in total. The van der Waals surface area contributed by atoms with E-state index in [2.05, 4.69) is 31.9 Å². The number of hydrogen-bond acceptors (Lipinski definition) is 1. The minimum Gasteiger partial charge on any atom is -0.335 e. The number of piperidine rings is 1. The molecule has 1 unspecified atom stereocenters. The van der Waals surface area contributed by atoms with E-state index >= 15 is 0 Å². The molecule has 1 amide bonds. The zero-order valence-corrected chi connectivity index (χ0v) is 13.6. The number of halogens is 2. The minimum atomic E-state index is 0.148. The van der Waals surface area contributed by atoms with E-state index in [9.17, 15) is 4.79 Å². The van der Waals surface area contributed by atoms with E-state index in [4.69, 9.17) is 0 Å². The average Bonchev–Trinajstić information content (AvgIpc) is 2.41. The highest BCUT2D eigenvalue weighted by Gasteiger charge is 2.27. The summed E-state index contributed by atoms with van der Waals surface area (Å²) in [6, 6.07) is 6.19. The highest BCUT2D eigenvalue weighted by Crippen LogP contribution is 2.26. The molecular weight excluding hydrogens is 358 g/mol. The van der Waals surface area contributed by atoms with Gasteiger partial charge in [-0.15, -0.1) is 0 Å². The monoisotopic (exact) mass is 373 g/mol. The van der Waals surface area contributed by atoms with Crippen molar-refractivity contribution in [3.05, 3.63) is 33.8 Å². The highest BCUT2D eigenvalue weighted by atomic mass is 79.9. The molecule has 1 aromatic rings. The number of amides is 1. The molecule has 1 saturated heterocycles. The first-order valence-electron chi connectivity index (χ1n) is 6.27. The molecule has 0 radical (unpaired) electrons. The second kappa shape index (κ2) is 6.20. The first kappa shape index (κ1) is 14.1. The number of benzene rings is 1. The number of likely N-dealkylation sites (tertiary alicyclic amines) is 1. The summed E-state index contributed by atoms with van der Waals surface area (Å²) in [5.74, 6) is 0.148. The zero-order valence-electron chi connectivity index (χ0n) is 10.5. The zero-order chi connectivity index (χ0) is 13.1. The number of carbonyl (C=O) groups excluding carboxylic acids is 1. The van der Waals surface area contributed by atoms with Gasteiger partial charge in [-0.05, 0) is 53.7 Å². The van der Waals surface area contributed by atoms with Crippen molar-refractivity contribution >= 4 is 37.8 Å². The summed E-state index contributed by atoms with van der Waals surface area (Å²) in [6.45, 7) is 2.88. The first-order chi connectivity index (χ1) is 8.65. The van der Waals surface area contributed by atoms with Crippen molar-refractivity contribution in [1.82, 2.24) is 4.90 Å². The molecule has 1 aromatic carbocycles. The Kier molecular flexibility index (Phi) is 4.84. The van der Waals surface area contributed by atoms with E-state index in [1.165, 1.54) is 6.42 Å². The van der Waals surface area contributed by atoms with Crippen LogP contribution in [0.5, 0.6) is 0 Å². The molecule has 0 bridgehead atoms. The molecular formula is C14H17Br2NO. The van der Waals surface area contributed by atoms with Crippen molar-refractivity contribution in [2.24, 2.45) is 0 Å². The number of aryl methyl sites for hydroxylation is 1. The van der Waals surface area contributed by atoms with Gasteiger partial charge in [0.15, 0.2) is 0 Å². The number of rotatable bonds is 2. The highest BCUT2D eigenvalue weighted by molar-refractivity contribution is 9.10. The van der Waals surface area contributed by atoms with Crippen molar-refractivity contribution in [2.75, 3.05) is 11.9 Å². The molecule has 0 spiro atoms. The van der Waals surface area contributed by atoms with Gasteiger partial charge in [-0.25, -0.2) is 0 Å². The van der Waals surface area contributed by atoms with Gasteiger partial charge in [0.25, 0.3) is 5.91 Å². The first-order valence-corrected chi connectivity index (χ1v) is 8.18. The summed E-state index contributed by atoms with van der Waals surface area (Å²) in [4.78, 5) is 14.6. The number of nitrogens with zero attached hydrogens (tertiary/aromatic N) is 1. The Morgan fingerprint density at radius 2 is 2.22 bits per heavy atom. The smallest absolute Gasteiger partial charge is 0.255 e. The molecule has 1 fully saturated rings. The maximum atomic E-state index is 12.6. The summed E-state index contributed by atoms with van der Waals surface area (Å²) in [6.07, 6.45) is 3.42. The third kappa shape index (κ3) is 2.80. The molecule has 0 saturated carbocycles. The molecule has 0 aromatic heterocycles. The Hall–Kier alpha value is -0.350. The molecule has 1 heterocycles. The molecule has 0 aliphatic carbocycles. The summed E-state index contributed by atoms with van der Waals surface area (Å²) in [5, 5.41) is 0.863. The van der Waals surface area contributed by atoms with E-state index in [1.54, 1.807) is 0 Å². The van der Waals surface area contributed by atoms with Gasteiger partial charge in [-0.1, -0.05) is 28.1 Å².